The van der Waals surface area contributed by atoms with Crippen LogP contribution in [0.4, 0.5) is 10.5 Å². The van der Waals surface area contributed by atoms with Crippen molar-refractivity contribution in [2.75, 3.05) is 26.0 Å². The van der Waals surface area contributed by atoms with Gasteiger partial charge in [-0.25, -0.2) is 4.79 Å². The summed E-state index contributed by atoms with van der Waals surface area (Å²) < 4.78 is 5.84. The number of hydrogen-bond donors (Lipinski definition) is 2. The molecule has 0 unspecified atom stereocenters. The van der Waals surface area contributed by atoms with E-state index in [9.17, 15) is 9.59 Å². The Hall–Kier alpha value is -1.76. The van der Waals surface area contributed by atoms with E-state index in [1.54, 1.807) is 32.4 Å². The lowest BCUT2D eigenvalue weighted by Crippen LogP contribution is -2.32. The van der Waals surface area contributed by atoms with Gasteiger partial charge in [0.2, 0.25) is 0 Å². The van der Waals surface area contributed by atoms with Gasteiger partial charge in [0.25, 0.3) is 0 Å². The minimum Gasteiger partial charge on any atom is -0.496 e. The minimum atomic E-state index is -0.863. The van der Waals surface area contributed by atoms with Crippen LogP contribution in [0.2, 0.25) is 0 Å². The number of amides is 2. The summed E-state index contributed by atoms with van der Waals surface area (Å²) in [7, 11) is 3.18. The van der Waals surface area contributed by atoms with Crippen LogP contribution in [0.25, 0.3) is 0 Å². The van der Waals surface area contributed by atoms with E-state index < -0.39 is 5.97 Å². The van der Waals surface area contributed by atoms with Crippen LogP contribution in [0, 0.1) is 0 Å². The second-order valence-electron chi connectivity index (χ2n) is 4.20. The number of aliphatic carboxylic acids is 1. The van der Waals surface area contributed by atoms with Crippen LogP contribution >= 0.6 is 15.9 Å². The van der Waals surface area contributed by atoms with Crippen molar-refractivity contribution in [2.24, 2.45) is 0 Å². The van der Waals surface area contributed by atoms with Gasteiger partial charge in [-0.3, -0.25) is 4.79 Å². The first-order valence-electron chi connectivity index (χ1n) is 6.01. The number of rotatable bonds is 6. The van der Waals surface area contributed by atoms with E-state index in [1.165, 1.54) is 4.90 Å². The fraction of sp³-hybridized carbons (Fsp3) is 0.385. The fourth-order valence-corrected chi connectivity index (χ4v) is 2.07. The third-order valence-electron chi connectivity index (χ3n) is 2.63. The quantitative estimate of drug-likeness (QED) is 0.831. The summed E-state index contributed by atoms with van der Waals surface area (Å²) in [6, 6.07) is 4.92. The first-order valence-corrected chi connectivity index (χ1v) is 6.80. The van der Waals surface area contributed by atoms with E-state index in [0.717, 1.165) is 4.47 Å². The van der Waals surface area contributed by atoms with Crippen LogP contribution in [-0.2, 0) is 4.79 Å². The number of anilines is 1. The Balaban J connectivity index is 2.52. The lowest BCUT2D eigenvalue weighted by atomic mass is 10.3. The molecular weight excluding hydrogens is 328 g/mol. The Morgan fingerprint density at radius 1 is 1.45 bits per heavy atom. The number of halogens is 1. The normalized spacial score (nSPS) is 9.95. The predicted molar refractivity (Wildman–Crippen MR) is 79.2 cm³/mol. The summed E-state index contributed by atoms with van der Waals surface area (Å²) in [5, 5.41) is 11.3. The van der Waals surface area contributed by atoms with Gasteiger partial charge in [0.15, 0.2) is 0 Å². The van der Waals surface area contributed by atoms with Crippen molar-refractivity contribution in [3.63, 3.8) is 0 Å². The highest BCUT2D eigenvalue weighted by molar-refractivity contribution is 9.10. The number of nitrogens with one attached hydrogen (secondary N) is 1. The number of nitrogens with zero attached hydrogens (tertiary/aromatic N) is 1. The molecule has 0 heterocycles. The Bertz CT molecular complexity index is 493. The number of hydrogen-bond acceptors (Lipinski definition) is 3. The molecule has 2 N–H and O–H groups in total. The van der Waals surface area contributed by atoms with E-state index in [4.69, 9.17) is 9.84 Å². The largest absolute Gasteiger partial charge is 0.496 e. The zero-order valence-electron chi connectivity index (χ0n) is 11.4. The van der Waals surface area contributed by atoms with E-state index in [2.05, 4.69) is 21.2 Å². The molecule has 0 atom stereocenters. The molecule has 0 aromatic heterocycles. The summed E-state index contributed by atoms with van der Waals surface area (Å²) in [5.74, 6) is -0.185. The average Bonchev–Trinajstić information content (AvgIpc) is 2.38. The van der Waals surface area contributed by atoms with Gasteiger partial charge in [0.05, 0.1) is 11.6 Å². The van der Waals surface area contributed by atoms with Gasteiger partial charge in [-0.1, -0.05) is 0 Å². The molecule has 2 amide bonds. The maximum Gasteiger partial charge on any atom is 0.321 e. The number of carboxylic acids is 1. The van der Waals surface area contributed by atoms with Crippen molar-refractivity contribution in [2.45, 2.75) is 12.8 Å². The number of methoxy groups -OCH3 is 1. The highest BCUT2D eigenvalue weighted by Gasteiger charge is 2.10. The lowest BCUT2D eigenvalue weighted by Gasteiger charge is -2.17. The summed E-state index contributed by atoms with van der Waals surface area (Å²) in [6.07, 6.45) is 0.470. The SMILES string of the molecule is COc1ccc(NC(=O)N(C)CCCC(=O)O)cc1Br. The molecular formula is C13H17BrN2O4. The molecule has 7 heteroatoms. The van der Waals surface area contributed by atoms with Crippen molar-refractivity contribution >= 4 is 33.6 Å². The van der Waals surface area contributed by atoms with E-state index in [-0.39, 0.29) is 12.5 Å². The van der Waals surface area contributed by atoms with Crippen LogP contribution in [-0.4, -0.2) is 42.7 Å². The van der Waals surface area contributed by atoms with Gasteiger partial charge in [-0.15, -0.1) is 0 Å². The van der Waals surface area contributed by atoms with Gasteiger partial charge in [-0.2, -0.15) is 0 Å². The standard InChI is InChI=1S/C13H17BrN2O4/c1-16(7-3-4-12(17)18)13(19)15-9-5-6-11(20-2)10(14)8-9/h5-6,8H,3-4,7H2,1-2H3,(H,15,19)(H,17,18). The molecule has 110 valence electrons. The molecule has 0 aliphatic carbocycles. The molecule has 1 aromatic rings. The Labute approximate surface area is 125 Å². The molecule has 0 bridgehead atoms. The number of ether oxygens (including phenoxy) is 1. The minimum absolute atomic E-state index is 0.0473. The van der Waals surface area contributed by atoms with Crippen molar-refractivity contribution in [1.82, 2.24) is 4.90 Å². The fourth-order valence-electron chi connectivity index (χ4n) is 1.53. The second kappa shape index (κ2) is 7.74. The molecule has 1 aromatic carbocycles. The third-order valence-corrected chi connectivity index (χ3v) is 3.25. The van der Waals surface area contributed by atoms with E-state index in [1.807, 2.05) is 0 Å². The van der Waals surface area contributed by atoms with Gasteiger partial charge < -0.3 is 20.1 Å². The van der Waals surface area contributed by atoms with Gasteiger partial charge in [0.1, 0.15) is 5.75 Å². The third kappa shape index (κ3) is 5.08. The van der Waals surface area contributed by atoms with Crippen molar-refractivity contribution in [3.8, 4) is 5.75 Å². The molecule has 20 heavy (non-hydrogen) atoms. The van der Waals surface area contributed by atoms with Crippen LogP contribution in [0.3, 0.4) is 0 Å². The highest BCUT2D eigenvalue weighted by atomic mass is 79.9. The first-order chi connectivity index (χ1) is 9.43. The topological polar surface area (TPSA) is 78.9 Å². The average molecular weight is 345 g/mol. The van der Waals surface area contributed by atoms with E-state index in [0.29, 0.717) is 24.4 Å². The Kier molecular flexibility index (Phi) is 6.30. The Morgan fingerprint density at radius 2 is 2.15 bits per heavy atom. The highest BCUT2D eigenvalue weighted by Crippen LogP contribution is 2.27. The number of carbonyl (C=O) groups excluding carboxylic acids is 1. The van der Waals surface area contributed by atoms with Crippen molar-refractivity contribution in [3.05, 3.63) is 22.7 Å². The molecule has 0 aliphatic rings. The summed E-state index contributed by atoms with van der Waals surface area (Å²) >= 11 is 3.34. The maximum absolute atomic E-state index is 11.9. The second-order valence-corrected chi connectivity index (χ2v) is 5.05. The van der Waals surface area contributed by atoms with Crippen LogP contribution in [0.5, 0.6) is 5.75 Å². The van der Waals surface area contributed by atoms with Crippen LogP contribution in [0.1, 0.15) is 12.8 Å². The van der Waals surface area contributed by atoms with Gasteiger partial charge >= 0.3 is 12.0 Å². The molecule has 0 fully saturated rings. The van der Waals surface area contributed by atoms with Crippen molar-refractivity contribution < 1.29 is 19.4 Å². The number of carbonyl (C=O) groups is 2. The number of benzene rings is 1. The molecule has 0 spiro atoms. The monoisotopic (exact) mass is 344 g/mol. The summed E-state index contributed by atoms with van der Waals surface area (Å²) in [5.41, 5.74) is 0.632. The zero-order chi connectivity index (χ0) is 15.1. The first kappa shape index (κ1) is 16.3. The predicted octanol–water partition coefficient (Wildman–Crippen LogP) is 2.79. The summed E-state index contributed by atoms with van der Waals surface area (Å²) in [4.78, 5) is 23.7. The van der Waals surface area contributed by atoms with Gasteiger partial charge in [-0.05, 0) is 40.5 Å². The molecule has 0 saturated heterocycles. The number of urea groups is 1. The van der Waals surface area contributed by atoms with E-state index >= 15 is 0 Å². The van der Waals surface area contributed by atoms with Crippen LogP contribution in [0.15, 0.2) is 22.7 Å². The van der Waals surface area contributed by atoms with Crippen molar-refractivity contribution in [1.29, 1.82) is 0 Å². The summed E-state index contributed by atoms with van der Waals surface area (Å²) in [6.45, 7) is 0.384. The molecule has 0 aliphatic heterocycles. The molecule has 1 rings (SSSR count). The van der Waals surface area contributed by atoms with Crippen LogP contribution < -0.4 is 10.1 Å². The maximum atomic E-state index is 11.9. The Morgan fingerprint density at radius 3 is 2.70 bits per heavy atom. The molecule has 0 saturated carbocycles. The number of carboxylic acid groups (broad SMARTS) is 1. The zero-order valence-corrected chi connectivity index (χ0v) is 12.9. The molecule has 6 nitrogen and oxygen atoms in total. The molecule has 0 radical (unpaired) electrons. The lowest BCUT2D eigenvalue weighted by molar-refractivity contribution is -0.137. The smallest absolute Gasteiger partial charge is 0.321 e. The van der Waals surface area contributed by atoms with Gasteiger partial charge in [0, 0.05) is 25.7 Å².